The summed E-state index contributed by atoms with van der Waals surface area (Å²) in [6.45, 7) is 11.6. The van der Waals surface area contributed by atoms with Gasteiger partial charge in [0.2, 0.25) is 5.91 Å². The summed E-state index contributed by atoms with van der Waals surface area (Å²) in [4.78, 5) is 11.5. The van der Waals surface area contributed by atoms with Crippen molar-refractivity contribution in [3.05, 3.63) is 58.2 Å². The van der Waals surface area contributed by atoms with Crippen LogP contribution in [0.2, 0.25) is 0 Å². The lowest BCUT2D eigenvalue weighted by Crippen LogP contribution is -2.20. The van der Waals surface area contributed by atoms with Crippen molar-refractivity contribution in [1.82, 2.24) is 5.32 Å². The average molecular weight is 409 g/mol. The van der Waals surface area contributed by atoms with Gasteiger partial charge in [0.15, 0.2) is 0 Å². The van der Waals surface area contributed by atoms with Crippen LogP contribution in [0, 0.1) is 26.7 Å². The van der Waals surface area contributed by atoms with Gasteiger partial charge in [-0.15, -0.1) is 13.2 Å². The number of rotatable bonds is 8. The highest BCUT2D eigenvalue weighted by Crippen LogP contribution is 2.32. The molecule has 1 aromatic carbocycles. The van der Waals surface area contributed by atoms with Crippen LogP contribution in [0.1, 0.15) is 49.4 Å². The standard InChI is InChI=1S/C23H30F3NO2/c1-7-27-22(28)13-16(3)10-8-9-15(2)11-12-20-17(4)14-21(19(6)18(20)5)29-23(24,25)26/h8,10-15H,7,9H2,1-6H3,(H,27,28). The van der Waals surface area contributed by atoms with Crippen LogP contribution >= 0.6 is 0 Å². The van der Waals surface area contributed by atoms with Gasteiger partial charge in [0.1, 0.15) is 5.75 Å². The molecule has 0 bridgehead atoms. The second-order valence-electron chi connectivity index (χ2n) is 7.16. The molecule has 0 heterocycles. The van der Waals surface area contributed by atoms with E-state index < -0.39 is 6.36 Å². The lowest BCUT2D eigenvalue weighted by molar-refractivity contribution is -0.274. The van der Waals surface area contributed by atoms with E-state index in [0.717, 1.165) is 28.7 Å². The fraction of sp³-hybridized carbons (Fsp3) is 0.435. The Labute approximate surface area is 171 Å². The smallest absolute Gasteiger partial charge is 0.405 e. The van der Waals surface area contributed by atoms with Crippen molar-refractivity contribution in [2.45, 2.75) is 54.3 Å². The number of benzene rings is 1. The molecular weight excluding hydrogens is 379 g/mol. The van der Waals surface area contributed by atoms with Gasteiger partial charge in [-0.3, -0.25) is 4.79 Å². The zero-order valence-corrected chi connectivity index (χ0v) is 17.9. The van der Waals surface area contributed by atoms with Gasteiger partial charge in [0, 0.05) is 12.6 Å². The SMILES string of the molecule is CCNC(=O)C=C(C)C=CCC(C)C=Cc1c(C)cc(OC(F)(F)F)c(C)c1C. The molecule has 160 valence electrons. The molecule has 3 nitrogen and oxygen atoms in total. The van der Waals surface area contributed by atoms with E-state index in [4.69, 9.17) is 0 Å². The average Bonchev–Trinajstić information content (AvgIpc) is 2.58. The number of hydrogen-bond acceptors (Lipinski definition) is 2. The zero-order chi connectivity index (χ0) is 22.2. The highest BCUT2D eigenvalue weighted by molar-refractivity contribution is 5.88. The number of nitrogens with one attached hydrogen (secondary N) is 1. The van der Waals surface area contributed by atoms with Gasteiger partial charge in [-0.05, 0) is 80.9 Å². The number of alkyl halides is 3. The predicted octanol–water partition coefficient (Wildman–Crippen LogP) is 6.19. The summed E-state index contributed by atoms with van der Waals surface area (Å²) >= 11 is 0. The molecule has 0 radical (unpaired) electrons. The lowest BCUT2D eigenvalue weighted by Gasteiger charge is -2.17. The highest BCUT2D eigenvalue weighted by atomic mass is 19.4. The highest BCUT2D eigenvalue weighted by Gasteiger charge is 2.32. The number of hydrogen-bond donors (Lipinski definition) is 1. The fourth-order valence-electron chi connectivity index (χ4n) is 2.84. The van der Waals surface area contributed by atoms with Gasteiger partial charge in [-0.2, -0.15) is 0 Å². The Bertz CT molecular complexity index is 805. The van der Waals surface area contributed by atoms with E-state index in [1.165, 1.54) is 6.07 Å². The van der Waals surface area contributed by atoms with Crippen molar-refractivity contribution in [2.75, 3.05) is 6.54 Å². The van der Waals surface area contributed by atoms with Crippen molar-refractivity contribution < 1.29 is 22.7 Å². The van der Waals surface area contributed by atoms with Gasteiger partial charge in [-0.25, -0.2) is 0 Å². The molecule has 0 saturated heterocycles. The van der Waals surface area contributed by atoms with Crippen LogP contribution < -0.4 is 10.1 Å². The zero-order valence-electron chi connectivity index (χ0n) is 17.9. The first-order valence-corrected chi connectivity index (χ1v) is 9.62. The van der Waals surface area contributed by atoms with E-state index in [0.29, 0.717) is 12.1 Å². The Hall–Kier alpha value is -2.50. The van der Waals surface area contributed by atoms with E-state index in [2.05, 4.69) is 17.0 Å². The van der Waals surface area contributed by atoms with Crippen molar-refractivity contribution in [1.29, 1.82) is 0 Å². The maximum absolute atomic E-state index is 12.6. The molecule has 1 amide bonds. The summed E-state index contributed by atoms with van der Waals surface area (Å²) in [6, 6.07) is 1.43. The first-order chi connectivity index (χ1) is 13.4. The maximum Gasteiger partial charge on any atom is 0.573 e. The van der Waals surface area contributed by atoms with Gasteiger partial charge < -0.3 is 10.1 Å². The minimum Gasteiger partial charge on any atom is -0.405 e. The van der Waals surface area contributed by atoms with Crippen LogP contribution in [-0.4, -0.2) is 18.8 Å². The van der Waals surface area contributed by atoms with Crippen LogP contribution in [0.3, 0.4) is 0 Å². The van der Waals surface area contributed by atoms with Crippen LogP contribution in [0.5, 0.6) is 5.75 Å². The monoisotopic (exact) mass is 409 g/mol. The van der Waals surface area contributed by atoms with Crippen molar-refractivity contribution >= 4 is 12.0 Å². The Morgan fingerprint density at radius 1 is 1.24 bits per heavy atom. The van der Waals surface area contributed by atoms with Crippen molar-refractivity contribution in [3.8, 4) is 5.75 Å². The predicted molar refractivity (Wildman–Crippen MR) is 112 cm³/mol. The van der Waals surface area contributed by atoms with Gasteiger partial charge >= 0.3 is 6.36 Å². The summed E-state index contributed by atoms with van der Waals surface area (Å²) in [6.07, 6.45) is 5.53. The van der Waals surface area contributed by atoms with E-state index >= 15 is 0 Å². The number of amides is 1. The molecule has 1 N–H and O–H groups in total. The minimum absolute atomic E-state index is 0.109. The summed E-state index contributed by atoms with van der Waals surface area (Å²) < 4.78 is 41.8. The molecule has 0 aliphatic heterocycles. The summed E-state index contributed by atoms with van der Waals surface area (Å²) in [5.74, 6) is -0.0365. The molecule has 29 heavy (non-hydrogen) atoms. The topological polar surface area (TPSA) is 38.3 Å². The minimum atomic E-state index is -4.70. The number of halogens is 3. The maximum atomic E-state index is 12.6. The normalized spacial score (nSPS) is 13.9. The summed E-state index contributed by atoms with van der Waals surface area (Å²) in [5, 5.41) is 2.71. The molecule has 1 rings (SSSR count). The first-order valence-electron chi connectivity index (χ1n) is 9.62. The fourth-order valence-corrected chi connectivity index (χ4v) is 2.84. The van der Waals surface area contributed by atoms with Gasteiger partial charge in [-0.1, -0.05) is 31.2 Å². The van der Waals surface area contributed by atoms with Crippen molar-refractivity contribution in [3.63, 3.8) is 0 Å². The lowest BCUT2D eigenvalue weighted by atomic mass is 9.95. The molecule has 0 aromatic heterocycles. The van der Waals surface area contributed by atoms with Crippen LogP contribution in [-0.2, 0) is 4.79 Å². The van der Waals surface area contributed by atoms with Crippen LogP contribution in [0.15, 0.2) is 35.9 Å². The summed E-state index contributed by atoms with van der Waals surface area (Å²) in [5.41, 5.74) is 3.75. The van der Waals surface area contributed by atoms with Crippen molar-refractivity contribution in [2.24, 2.45) is 5.92 Å². The Balaban J connectivity index is 2.83. The van der Waals surface area contributed by atoms with Gasteiger partial charge in [0.05, 0.1) is 0 Å². The van der Waals surface area contributed by atoms with E-state index in [9.17, 15) is 18.0 Å². The number of aryl methyl sites for hydroxylation is 1. The molecule has 1 unspecified atom stereocenters. The third-order valence-electron chi connectivity index (χ3n) is 4.52. The Morgan fingerprint density at radius 2 is 1.90 bits per heavy atom. The number of allylic oxidation sites excluding steroid dienone is 4. The van der Waals surface area contributed by atoms with E-state index in [1.54, 1.807) is 26.8 Å². The molecule has 0 saturated carbocycles. The molecule has 0 spiro atoms. The number of likely N-dealkylation sites (N-methyl/N-ethyl adjacent to an activating group) is 1. The van der Waals surface area contributed by atoms with Crippen LogP contribution in [0.25, 0.3) is 6.08 Å². The number of ether oxygens (including phenoxy) is 1. The number of carbonyl (C=O) groups excluding carboxylic acids is 1. The quantitative estimate of drug-likeness (QED) is 0.411. The Morgan fingerprint density at radius 3 is 2.48 bits per heavy atom. The molecule has 1 atom stereocenters. The third-order valence-corrected chi connectivity index (χ3v) is 4.52. The second-order valence-corrected chi connectivity index (χ2v) is 7.16. The Kier molecular flexibility index (Phi) is 9.21. The second kappa shape index (κ2) is 10.9. The molecule has 6 heteroatoms. The molecule has 0 fully saturated rings. The van der Waals surface area contributed by atoms with E-state index in [1.807, 2.05) is 38.2 Å². The molecule has 1 aromatic rings. The largest absolute Gasteiger partial charge is 0.573 e. The third kappa shape index (κ3) is 8.59. The summed E-state index contributed by atoms with van der Waals surface area (Å²) in [7, 11) is 0. The van der Waals surface area contributed by atoms with E-state index in [-0.39, 0.29) is 17.6 Å². The first kappa shape index (κ1) is 24.5. The molecule has 0 aliphatic carbocycles. The van der Waals surface area contributed by atoms with Gasteiger partial charge in [0.25, 0.3) is 0 Å². The molecule has 0 aliphatic rings. The molecular formula is C23H30F3NO2. The van der Waals surface area contributed by atoms with Crippen LogP contribution in [0.4, 0.5) is 13.2 Å². The number of carbonyl (C=O) groups is 1.